The van der Waals surface area contributed by atoms with Crippen LogP contribution in [0.5, 0.6) is 5.75 Å². The predicted octanol–water partition coefficient (Wildman–Crippen LogP) is 3.43. The second-order valence-electron chi connectivity index (χ2n) is 7.80. The summed E-state index contributed by atoms with van der Waals surface area (Å²) in [5.41, 5.74) is 0.564. The van der Waals surface area contributed by atoms with Gasteiger partial charge in [-0.25, -0.2) is 4.39 Å². The van der Waals surface area contributed by atoms with E-state index >= 15 is 0 Å². The maximum atomic E-state index is 13.2. The summed E-state index contributed by atoms with van der Waals surface area (Å²) in [5.74, 6) is -0.220. The highest BCUT2D eigenvalue weighted by molar-refractivity contribution is 5.94. The minimum atomic E-state index is -0.616. The van der Waals surface area contributed by atoms with Crippen LogP contribution in [0.4, 0.5) is 4.39 Å². The zero-order valence-corrected chi connectivity index (χ0v) is 16.3. The van der Waals surface area contributed by atoms with E-state index in [2.05, 4.69) is 5.32 Å². The lowest BCUT2D eigenvalue weighted by molar-refractivity contribution is -0.187. The van der Waals surface area contributed by atoms with Gasteiger partial charge in [0.25, 0.3) is 5.91 Å². The summed E-state index contributed by atoms with van der Waals surface area (Å²) >= 11 is 0. The van der Waals surface area contributed by atoms with Gasteiger partial charge in [0.05, 0.1) is 5.54 Å². The Bertz CT molecular complexity index is 863. The van der Waals surface area contributed by atoms with E-state index in [1.807, 2.05) is 30.3 Å². The van der Waals surface area contributed by atoms with Gasteiger partial charge in [-0.3, -0.25) is 9.59 Å². The molecule has 1 aliphatic heterocycles. The van der Waals surface area contributed by atoms with Gasteiger partial charge in [-0.05, 0) is 42.7 Å². The number of carbonyl (C=O) groups is 2. The summed E-state index contributed by atoms with van der Waals surface area (Å²) in [6.07, 6.45) is 4.13. The number of ether oxygens (including phenoxy) is 1. The van der Waals surface area contributed by atoms with Gasteiger partial charge >= 0.3 is 0 Å². The first-order chi connectivity index (χ1) is 14.1. The molecule has 1 atom stereocenters. The number of carbonyl (C=O) groups excluding carboxylic acids is 2. The van der Waals surface area contributed by atoms with Crippen molar-refractivity contribution in [2.75, 3.05) is 6.54 Å². The topological polar surface area (TPSA) is 58.6 Å². The Labute approximate surface area is 169 Å². The molecule has 29 heavy (non-hydrogen) atoms. The fraction of sp³-hybridized carbons (Fsp3) is 0.391. The third-order valence-corrected chi connectivity index (χ3v) is 5.94. The average Bonchev–Trinajstić information content (AvgIpc) is 2.77. The molecular formula is C23H25FN2O3. The molecule has 6 heteroatoms. The Morgan fingerprint density at radius 3 is 2.45 bits per heavy atom. The zero-order chi connectivity index (χ0) is 20.3. The van der Waals surface area contributed by atoms with E-state index in [9.17, 15) is 14.0 Å². The number of rotatable bonds is 6. The number of nitrogens with one attached hydrogen (secondary N) is 1. The summed E-state index contributed by atoms with van der Waals surface area (Å²) in [7, 11) is 0. The van der Waals surface area contributed by atoms with Crippen molar-refractivity contribution in [1.82, 2.24) is 10.2 Å². The molecule has 2 aliphatic rings. The number of hydrogen-bond acceptors (Lipinski definition) is 3. The highest BCUT2D eigenvalue weighted by Crippen LogP contribution is 2.45. The van der Waals surface area contributed by atoms with Crippen LogP contribution in [0.3, 0.4) is 0 Å². The SMILES string of the molecule is O=C(CN1C(=O)C(Oc2ccc(F)cc2)C12CCCCC2)NCc1ccccc1. The molecule has 0 aromatic heterocycles. The molecule has 1 heterocycles. The van der Waals surface area contributed by atoms with Gasteiger partial charge in [0.15, 0.2) is 6.10 Å². The minimum Gasteiger partial charge on any atom is -0.478 e. The van der Waals surface area contributed by atoms with Crippen LogP contribution in [-0.4, -0.2) is 34.9 Å². The Hall–Kier alpha value is -2.89. The molecule has 5 nitrogen and oxygen atoms in total. The number of likely N-dealkylation sites (tertiary alicyclic amines) is 1. The average molecular weight is 396 g/mol. The lowest BCUT2D eigenvalue weighted by atomic mass is 9.70. The van der Waals surface area contributed by atoms with Crippen LogP contribution in [-0.2, 0) is 16.1 Å². The first-order valence-electron chi connectivity index (χ1n) is 10.1. The van der Waals surface area contributed by atoms with Gasteiger partial charge in [0.1, 0.15) is 18.1 Å². The highest BCUT2D eigenvalue weighted by atomic mass is 19.1. The largest absolute Gasteiger partial charge is 0.478 e. The van der Waals surface area contributed by atoms with Crippen molar-refractivity contribution >= 4 is 11.8 Å². The quantitative estimate of drug-likeness (QED) is 0.761. The van der Waals surface area contributed by atoms with E-state index in [1.165, 1.54) is 24.3 Å². The normalized spacial score (nSPS) is 20.2. The second-order valence-corrected chi connectivity index (χ2v) is 7.80. The smallest absolute Gasteiger partial charge is 0.267 e. The van der Waals surface area contributed by atoms with Crippen molar-refractivity contribution in [2.45, 2.75) is 50.3 Å². The Morgan fingerprint density at radius 1 is 1.07 bits per heavy atom. The number of halogens is 1. The number of nitrogens with zero attached hydrogens (tertiary/aromatic N) is 1. The van der Waals surface area contributed by atoms with Gasteiger partial charge in [0, 0.05) is 6.54 Å². The number of benzene rings is 2. The maximum Gasteiger partial charge on any atom is 0.267 e. The van der Waals surface area contributed by atoms with Gasteiger partial charge in [-0.1, -0.05) is 49.6 Å². The first kappa shape index (κ1) is 19.4. The van der Waals surface area contributed by atoms with E-state index < -0.39 is 11.6 Å². The van der Waals surface area contributed by atoms with Gasteiger partial charge in [-0.15, -0.1) is 0 Å². The first-order valence-corrected chi connectivity index (χ1v) is 10.1. The summed E-state index contributed by atoms with van der Waals surface area (Å²) in [6, 6.07) is 15.4. The van der Waals surface area contributed by atoms with Crippen LogP contribution in [0.1, 0.15) is 37.7 Å². The van der Waals surface area contributed by atoms with Crippen LogP contribution < -0.4 is 10.1 Å². The summed E-state index contributed by atoms with van der Waals surface area (Å²) in [5, 5.41) is 2.90. The maximum absolute atomic E-state index is 13.2. The summed E-state index contributed by atoms with van der Waals surface area (Å²) in [4.78, 5) is 27.1. The molecule has 2 aromatic carbocycles. The number of amides is 2. The molecule has 1 saturated carbocycles. The van der Waals surface area contributed by atoms with E-state index in [-0.39, 0.29) is 24.2 Å². The molecule has 4 rings (SSSR count). The molecule has 2 aromatic rings. The van der Waals surface area contributed by atoms with E-state index in [1.54, 1.807) is 4.90 Å². The van der Waals surface area contributed by atoms with Gasteiger partial charge < -0.3 is 15.0 Å². The van der Waals surface area contributed by atoms with Crippen molar-refractivity contribution in [2.24, 2.45) is 0 Å². The van der Waals surface area contributed by atoms with Gasteiger partial charge in [-0.2, -0.15) is 0 Å². The molecule has 152 valence electrons. The van der Waals surface area contributed by atoms with Crippen molar-refractivity contribution in [1.29, 1.82) is 0 Å². The molecule has 1 saturated heterocycles. The molecule has 1 N–H and O–H groups in total. The van der Waals surface area contributed by atoms with Crippen LogP contribution in [0, 0.1) is 5.82 Å². The molecule has 1 unspecified atom stereocenters. The van der Waals surface area contributed by atoms with Crippen LogP contribution in [0.25, 0.3) is 0 Å². The number of β-lactam (4-membered cyclic amide) rings is 1. The van der Waals surface area contributed by atoms with Crippen LogP contribution in [0.2, 0.25) is 0 Å². The predicted molar refractivity (Wildman–Crippen MR) is 107 cm³/mol. The lowest BCUT2D eigenvalue weighted by Crippen LogP contribution is -2.77. The number of hydrogen-bond donors (Lipinski definition) is 1. The monoisotopic (exact) mass is 396 g/mol. The van der Waals surface area contributed by atoms with Crippen LogP contribution >= 0.6 is 0 Å². The van der Waals surface area contributed by atoms with Crippen molar-refractivity contribution < 1.29 is 18.7 Å². The van der Waals surface area contributed by atoms with E-state index in [0.717, 1.165) is 37.7 Å². The molecule has 2 fully saturated rings. The lowest BCUT2D eigenvalue weighted by Gasteiger charge is -2.58. The minimum absolute atomic E-state index is 0.0367. The highest BCUT2D eigenvalue weighted by Gasteiger charge is 2.62. The van der Waals surface area contributed by atoms with E-state index in [4.69, 9.17) is 4.74 Å². The Balaban J connectivity index is 1.43. The van der Waals surface area contributed by atoms with Crippen molar-refractivity contribution in [3.8, 4) is 5.75 Å². The summed E-state index contributed by atoms with van der Waals surface area (Å²) < 4.78 is 19.1. The fourth-order valence-electron chi connectivity index (χ4n) is 4.40. The molecule has 1 spiro atoms. The second kappa shape index (κ2) is 8.23. The molecular weight excluding hydrogens is 371 g/mol. The molecule has 0 radical (unpaired) electrons. The van der Waals surface area contributed by atoms with Crippen molar-refractivity contribution in [3.05, 3.63) is 66.0 Å². The fourth-order valence-corrected chi connectivity index (χ4v) is 4.40. The standard InChI is InChI=1S/C23H25FN2O3/c24-18-9-11-19(12-10-18)29-21-22(28)26(23(21)13-5-2-6-14-23)16-20(27)25-15-17-7-3-1-4-8-17/h1,3-4,7-12,21H,2,5-6,13-16H2,(H,25,27). The molecule has 2 amide bonds. The van der Waals surface area contributed by atoms with Gasteiger partial charge in [0.2, 0.25) is 5.91 Å². The molecule has 1 aliphatic carbocycles. The third kappa shape index (κ3) is 3.97. The van der Waals surface area contributed by atoms with E-state index in [0.29, 0.717) is 12.3 Å². The molecule has 0 bridgehead atoms. The summed E-state index contributed by atoms with van der Waals surface area (Å²) in [6.45, 7) is 0.471. The Morgan fingerprint density at radius 2 is 1.76 bits per heavy atom. The van der Waals surface area contributed by atoms with Crippen molar-refractivity contribution in [3.63, 3.8) is 0 Å². The Kier molecular flexibility index (Phi) is 5.51. The van der Waals surface area contributed by atoms with Crippen LogP contribution in [0.15, 0.2) is 54.6 Å². The third-order valence-electron chi connectivity index (χ3n) is 5.94. The zero-order valence-electron chi connectivity index (χ0n) is 16.3.